The van der Waals surface area contributed by atoms with Crippen LogP contribution >= 0.6 is 0 Å². The van der Waals surface area contributed by atoms with Crippen LogP contribution in [0.15, 0.2) is 30.5 Å². The van der Waals surface area contributed by atoms with Crippen molar-refractivity contribution in [1.29, 1.82) is 0 Å². The number of nitrogens with zero attached hydrogens (tertiary/aromatic N) is 3. The Labute approximate surface area is 120 Å². The molecule has 4 heteroatoms. The summed E-state index contributed by atoms with van der Waals surface area (Å²) >= 11 is 0. The summed E-state index contributed by atoms with van der Waals surface area (Å²) in [7, 11) is 4.30. The summed E-state index contributed by atoms with van der Waals surface area (Å²) < 4.78 is 2.21. The molecule has 0 amide bonds. The standard InChI is InChI=1S/C16H24N4/c1-18-7-9-20(10-8-18)16(11-17)14-12-19(2)15-6-4-3-5-13(14)15/h3-6,12,16H,7-11,17H2,1-2H3. The Bertz CT molecular complexity index is 581. The van der Waals surface area contributed by atoms with E-state index < -0.39 is 0 Å². The minimum Gasteiger partial charge on any atom is -0.350 e. The molecule has 1 aliphatic rings. The number of para-hydroxylation sites is 1. The van der Waals surface area contributed by atoms with Crippen molar-refractivity contribution >= 4 is 10.9 Å². The van der Waals surface area contributed by atoms with Crippen LogP contribution in [0.5, 0.6) is 0 Å². The SMILES string of the molecule is CN1CCN(C(CN)c2cn(C)c3ccccc23)CC1. The zero-order valence-electron chi connectivity index (χ0n) is 12.4. The molecule has 108 valence electrons. The number of piperazine rings is 1. The Morgan fingerprint density at radius 3 is 2.50 bits per heavy atom. The molecule has 4 nitrogen and oxygen atoms in total. The van der Waals surface area contributed by atoms with Crippen LogP contribution in [-0.2, 0) is 7.05 Å². The molecule has 1 aliphatic heterocycles. The summed E-state index contributed by atoms with van der Waals surface area (Å²) in [4.78, 5) is 4.91. The van der Waals surface area contributed by atoms with Crippen LogP contribution in [0.1, 0.15) is 11.6 Å². The van der Waals surface area contributed by atoms with Crippen LogP contribution < -0.4 is 5.73 Å². The Morgan fingerprint density at radius 1 is 1.10 bits per heavy atom. The summed E-state index contributed by atoms with van der Waals surface area (Å²) in [6.45, 7) is 5.13. The maximum absolute atomic E-state index is 6.11. The van der Waals surface area contributed by atoms with E-state index in [-0.39, 0.29) is 0 Å². The minimum atomic E-state index is 0.329. The van der Waals surface area contributed by atoms with Crippen molar-refractivity contribution in [3.05, 3.63) is 36.0 Å². The average Bonchev–Trinajstić information content (AvgIpc) is 2.80. The molecule has 0 spiro atoms. The van der Waals surface area contributed by atoms with Gasteiger partial charge in [0.25, 0.3) is 0 Å². The first-order valence-electron chi connectivity index (χ1n) is 7.37. The van der Waals surface area contributed by atoms with Gasteiger partial charge in [-0.1, -0.05) is 18.2 Å². The molecule has 2 aromatic rings. The molecule has 3 rings (SSSR count). The molecule has 1 atom stereocenters. The lowest BCUT2D eigenvalue weighted by Gasteiger charge is -2.37. The number of fused-ring (bicyclic) bond motifs is 1. The van der Waals surface area contributed by atoms with E-state index in [2.05, 4.69) is 58.9 Å². The molecule has 0 bridgehead atoms. The van der Waals surface area contributed by atoms with Gasteiger partial charge in [0.05, 0.1) is 0 Å². The van der Waals surface area contributed by atoms with Crippen molar-refractivity contribution in [2.45, 2.75) is 6.04 Å². The highest BCUT2D eigenvalue weighted by Gasteiger charge is 2.25. The van der Waals surface area contributed by atoms with Crippen LogP contribution in [-0.4, -0.2) is 54.1 Å². The number of benzene rings is 1. The molecule has 1 unspecified atom stereocenters. The Kier molecular flexibility index (Phi) is 3.78. The molecule has 1 fully saturated rings. The summed E-state index contributed by atoms with van der Waals surface area (Å²) in [5.74, 6) is 0. The average molecular weight is 272 g/mol. The first-order valence-corrected chi connectivity index (χ1v) is 7.37. The number of aryl methyl sites for hydroxylation is 1. The van der Waals surface area contributed by atoms with Crippen LogP contribution in [0.3, 0.4) is 0 Å². The number of rotatable bonds is 3. The largest absolute Gasteiger partial charge is 0.350 e. The topological polar surface area (TPSA) is 37.4 Å². The highest BCUT2D eigenvalue weighted by molar-refractivity contribution is 5.84. The summed E-state index contributed by atoms with van der Waals surface area (Å²) in [6.07, 6.45) is 2.25. The van der Waals surface area contributed by atoms with Crippen LogP contribution in [0.2, 0.25) is 0 Å². The fraction of sp³-hybridized carbons (Fsp3) is 0.500. The van der Waals surface area contributed by atoms with Gasteiger partial charge in [-0.2, -0.15) is 0 Å². The van der Waals surface area contributed by atoms with Crippen molar-refractivity contribution in [2.75, 3.05) is 39.8 Å². The van der Waals surface area contributed by atoms with Gasteiger partial charge >= 0.3 is 0 Å². The molecule has 2 N–H and O–H groups in total. The van der Waals surface area contributed by atoms with Gasteiger partial charge in [-0.05, 0) is 18.7 Å². The third-order valence-electron chi connectivity index (χ3n) is 4.49. The molecule has 0 radical (unpaired) electrons. The first-order chi connectivity index (χ1) is 9.70. The monoisotopic (exact) mass is 272 g/mol. The van der Waals surface area contributed by atoms with E-state index in [4.69, 9.17) is 5.73 Å². The van der Waals surface area contributed by atoms with Gasteiger partial charge in [-0.15, -0.1) is 0 Å². The molecular formula is C16H24N4. The van der Waals surface area contributed by atoms with E-state index >= 15 is 0 Å². The number of likely N-dealkylation sites (N-methyl/N-ethyl adjacent to an activating group) is 1. The molecule has 1 saturated heterocycles. The van der Waals surface area contributed by atoms with Gasteiger partial charge in [-0.3, -0.25) is 4.90 Å². The maximum atomic E-state index is 6.11. The third kappa shape index (κ3) is 2.35. The lowest BCUT2D eigenvalue weighted by molar-refractivity contribution is 0.115. The van der Waals surface area contributed by atoms with Crippen LogP contribution in [0, 0.1) is 0 Å². The van der Waals surface area contributed by atoms with Gasteiger partial charge < -0.3 is 15.2 Å². The van der Waals surface area contributed by atoms with Gasteiger partial charge in [-0.25, -0.2) is 0 Å². The smallest absolute Gasteiger partial charge is 0.0492 e. The second kappa shape index (κ2) is 5.56. The molecule has 20 heavy (non-hydrogen) atoms. The van der Waals surface area contributed by atoms with Gasteiger partial charge in [0, 0.05) is 62.9 Å². The van der Waals surface area contributed by atoms with Crippen molar-refractivity contribution < 1.29 is 0 Å². The highest BCUT2D eigenvalue weighted by atomic mass is 15.3. The fourth-order valence-corrected chi connectivity index (χ4v) is 3.24. The zero-order valence-corrected chi connectivity index (χ0v) is 12.4. The lowest BCUT2D eigenvalue weighted by atomic mass is 10.0. The first kappa shape index (κ1) is 13.6. The third-order valence-corrected chi connectivity index (χ3v) is 4.49. The molecule has 0 aliphatic carbocycles. The van der Waals surface area contributed by atoms with Gasteiger partial charge in [0.1, 0.15) is 0 Å². The predicted octanol–water partition coefficient (Wildman–Crippen LogP) is 1.43. The Morgan fingerprint density at radius 2 is 1.80 bits per heavy atom. The second-order valence-corrected chi connectivity index (χ2v) is 5.80. The Balaban J connectivity index is 1.95. The minimum absolute atomic E-state index is 0.329. The Hall–Kier alpha value is -1.36. The van der Waals surface area contributed by atoms with Crippen LogP contribution in [0.4, 0.5) is 0 Å². The molecule has 1 aromatic heterocycles. The molecular weight excluding hydrogens is 248 g/mol. The summed E-state index contributed by atoms with van der Waals surface area (Å²) in [6, 6.07) is 8.93. The number of nitrogens with two attached hydrogens (primary N) is 1. The van der Waals surface area contributed by atoms with Crippen molar-refractivity contribution in [3.8, 4) is 0 Å². The van der Waals surface area contributed by atoms with E-state index in [1.807, 2.05) is 0 Å². The lowest BCUT2D eigenvalue weighted by Crippen LogP contribution is -2.47. The number of hydrogen-bond acceptors (Lipinski definition) is 3. The van der Waals surface area contributed by atoms with Crippen molar-refractivity contribution in [1.82, 2.24) is 14.4 Å². The van der Waals surface area contributed by atoms with E-state index in [0.717, 1.165) is 26.2 Å². The quantitative estimate of drug-likeness (QED) is 0.918. The zero-order chi connectivity index (χ0) is 14.1. The van der Waals surface area contributed by atoms with Gasteiger partial charge in [0.15, 0.2) is 0 Å². The molecule has 0 saturated carbocycles. The van der Waals surface area contributed by atoms with E-state index in [9.17, 15) is 0 Å². The van der Waals surface area contributed by atoms with Crippen molar-refractivity contribution in [3.63, 3.8) is 0 Å². The van der Waals surface area contributed by atoms with E-state index in [1.165, 1.54) is 16.5 Å². The predicted molar refractivity (Wildman–Crippen MR) is 83.8 cm³/mol. The second-order valence-electron chi connectivity index (χ2n) is 5.80. The number of hydrogen-bond donors (Lipinski definition) is 1. The van der Waals surface area contributed by atoms with Crippen molar-refractivity contribution in [2.24, 2.45) is 12.8 Å². The highest BCUT2D eigenvalue weighted by Crippen LogP contribution is 2.29. The van der Waals surface area contributed by atoms with Gasteiger partial charge in [0.2, 0.25) is 0 Å². The fourth-order valence-electron chi connectivity index (χ4n) is 3.24. The van der Waals surface area contributed by atoms with E-state index in [0.29, 0.717) is 12.6 Å². The maximum Gasteiger partial charge on any atom is 0.0492 e. The number of aromatic nitrogens is 1. The molecule has 1 aromatic carbocycles. The molecule has 2 heterocycles. The summed E-state index contributed by atoms with van der Waals surface area (Å²) in [5.41, 5.74) is 8.76. The normalized spacial score (nSPS) is 19.6. The summed E-state index contributed by atoms with van der Waals surface area (Å²) in [5, 5.41) is 1.34. The van der Waals surface area contributed by atoms with E-state index in [1.54, 1.807) is 0 Å². The van der Waals surface area contributed by atoms with Crippen LogP contribution in [0.25, 0.3) is 10.9 Å².